The van der Waals surface area contributed by atoms with Crippen LogP contribution in [0, 0.1) is 5.92 Å². The van der Waals surface area contributed by atoms with Crippen LogP contribution in [0.2, 0.25) is 5.02 Å². The molecule has 19 heavy (non-hydrogen) atoms. The average Bonchev–Trinajstić information content (AvgIpc) is 3.13. The van der Waals surface area contributed by atoms with Gasteiger partial charge in [-0.2, -0.15) is 0 Å². The van der Waals surface area contributed by atoms with E-state index in [0.717, 1.165) is 30.5 Å². The highest BCUT2D eigenvalue weighted by Crippen LogP contribution is 2.41. The number of hydrogen-bond donors (Lipinski definition) is 1. The third-order valence-corrected chi connectivity index (χ3v) is 4.43. The average molecular weight is 280 g/mol. The lowest BCUT2D eigenvalue weighted by molar-refractivity contribution is 0.103. The quantitative estimate of drug-likeness (QED) is 0.851. The van der Waals surface area contributed by atoms with Gasteiger partial charge in [0.15, 0.2) is 0 Å². The predicted molar refractivity (Wildman–Crippen MR) is 78.5 cm³/mol. The maximum Gasteiger partial charge on any atom is 0.0588 e. The lowest BCUT2D eigenvalue weighted by Crippen LogP contribution is -2.26. The number of halogens is 1. The van der Waals surface area contributed by atoms with E-state index in [1.165, 1.54) is 31.2 Å². The number of nitrogens with one attached hydrogen (secondary N) is 1. The Bertz CT molecular complexity index is 396. The molecule has 2 unspecified atom stereocenters. The highest BCUT2D eigenvalue weighted by Gasteiger charge is 2.32. The first kappa shape index (κ1) is 13.4. The highest BCUT2D eigenvalue weighted by atomic mass is 35.5. The molecular formula is C16H22ClNO. The third-order valence-electron chi connectivity index (χ3n) is 4.18. The van der Waals surface area contributed by atoms with Crippen LogP contribution in [-0.2, 0) is 4.74 Å². The second-order valence-electron chi connectivity index (χ2n) is 5.74. The van der Waals surface area contributed by atoms with E-state index in [2.05, 4.69) is 17.4 Å². The predicted octanol–water partition coefficient (Wildman–Crippen LogP) is 3.95. The van der Waals surface area contributed by atoms with Crippen LogP contribution in [0.4, 0.5) is 0 Å². The van der Waals surface area contributed by atoms with Crippen LogP contribution < -0.4 is 5.32 Å². The standard InChI is InChI=1S/C16H22ClNO/c17-14-7-5-13(6-8-14)16(12-3-4-12)18-10-9-15-2-1-11-19-15/h5-8,12,15-16,18H,1-4,9-11H2. The summed E-state index contributed by atoms with van der Waals surface area (Å²) in [4.78, 5) is 0. The first-order chi connectivity index (χ1) is 9.33. The Kier molecular flexibility index (Phi) is 4.42. The molecule has 1 N–H and O–H groups in total. The van der Waals surface area contributed by atoms with Crippen molar-refractivity contribution in [2.24, 2.45) is 5.92 Å². The van der Waals surface area contributed by atoms with Crippen LogP contribution in [-0.4, -0.2) is 19.3 Å². The molecule has 1 saturated carbocycles. The van der Waals surface area contributed by atoms with E-state index >= 15 is 0 Å². The molecule has 1 aliphatic heterocycles. The van der Waals surface area contributed by atoms with Gasteiger partial charge in [0.05, 0.1) is 6.10 Å². The van der Waals surface area contributed by atoms with Crippen molar-refractivity contribution in [3.05, 3.63) is 34.9 Å². The molecule has 0 aromatic heterocycles. The number of benzene rings is 1. The molecule has 1 saturated heterocycles. The molecular weight excluding hydrogens is 258 g/mol. The van der Waals surface area contributed by atoms with Gasteiger partial charge in [0, 0.05) is 17.7 Å². The molecule has 1 aromatic rings. The zero-order valence-corrected chi connectivity index (χ0v) is 12.0. The molecule has 2 fully saturated rings. The Labute approximate surface area is 120 Å². The number of hydrogen-bond acceptors (Lipinski definition) is 2. The van der Waals surface area contributed by atoms with Crippen LogP contribution in [0.25, 0.3) is 0 Å². The van der Waals surface area contributed by atoms with Gasteiger partial charge in [-0.05, 0) is 62.3 Å². The topological polar surface area (TPSA) is 21.3 Å². The van der Waals surface area contributed by atoms with Gasteiger partial charge in [0.25, 0.3) is 0 Å². The highest BCUT2D eigenvalue weighted by molar-refractivity contribution is 6.30. The molecule has 1 aromatic carbocycles. The van der Waals surface area contributed by atoms with Crippen molar-refractivity contribution in [2.45, 2.75) is 44.2 Å². The van der Waals surface area contributed by atoms with Crippen molar-refractivity contribution in [3.8, 4) is 0 Å². The Morgan fingerprint density at radius 3 is 2.63 bits per heavy atom. The van der Waals surface area contributed by atoms with E-state index in [1.54, 1.807) is 0 Å². The van der Waals surface area contributed by atoms with Crippen molar-refractivity contribution < 1.29 is 4.74 Å². The molecule has 0 spiro atoms. The molecule has 2 nitrogen and oxygen atoms in total. The summed E-state index contributed by atoms with van der Waals surface area (Å²) in [6.45, 7) is 2.00. The van der Waals surface area contributed by atoms with Crippen molar-refractivity contribution in [2.75, 3.05) is 13.2 Å². The molecule has 1 heterocycles. The van der Waals surface area contributed by atoms with E-state index < -0.39 is 0 Å². The maximum atomic E-state index is 5.97. The SMILES string of the molecule is Clc1ccc(C(NCCC2CCCO2)C2CC2)cc1. The van der Waals surface area contributed by atoms with E-state index in [4.69, 9.17) is 16.3 Å². The first-order valence-electron chi connectivity index (χ1n) is 7.43. The minimum Gasteiger partial charge on any atom is -0.378 e. The van der Waals surface area contributed by atoms with E-state index in [9.17, 15) is 0 Å². The summed E-state index contributed by atoms with van der Waals surface area (Å²) in [5.41, 5.74) is 1.37. The van der Waals surface area contributed by atoms with Crippen molar-refractivity contribution in [1.82, 2.24) is 5.32 Å². The Hall–Kier alpha value is -0.570. The largest absolute Gasteiger partial charge is 0.378 e. The van der Waals surface area contributed by atoms with Crippen LogP contribution in [0.5, 0.6) is 0 Å². The fourth-order valence-electron chi connectivity index (χ4n) is 2.93. The molecule has 2 atom stereocenters. The summed E-state index contributed by atoms with van der Waals surface area (Å²) in [5, 5.41) is 4.54. The summed E-state index contributed by atoms with van der Waals surface area (Å²) in [5.74, 6) is 0.811. The van der Waals surface area contributed by atoms with Gasteiger partial charge in [-0.3, -0.25) is 0 Å². The molecule has 0 amide bonds. The van der Waals surface area contributed by atoms with Crippen LogP contribution >= 0.6 is 11.6 Å². The summed E-state index contributed by atoms with van der Waals surface area (Å²) in [7, 11) is 0. The normalized spacial score (nSPS) is 24.6. The zero-order valence-electron chi connectivity index (χ0n) is 11.3. The van der Waals surface area contributed by atoms with Gasteiger partial charge in [-0.25, -0.2) is 0 Å². The van der Waals surface area contributed by atoms with Crippen molar-refractivity contribution in [3.63, 3.8) is 0 Å². The minimum atomic E-state index is 0.484. The van der Waals surface area contributed by atoms with Crippen LogP contribution in [0.1, 0.15) is 43.7 Å². The van der Waals surface area contributed by atoms with E-state index in [-0.39, 0.29) is 0 Å². The summed E-state index contributed by atoms with van der Waals surface area (Å²) >= 11 is 5.97. The van der Waals surface area contributed by atoms with Crippen LogP contribution in [0.15, 0.2) is 24.3 Å². The summed E-state index contributed by atoms with van der Waals surface area (Å²) in [6.07, 6.45) is 6.78. The Morgan fingerprint density at radius 1 is 1.21 bits per heavy atom. The maximum absolute atomic E-state index is 5.97. The van der Waals surface area contributed by atoms with E-state index in [1.807, 2.05) is 12.1 Å². The second-order valence-corrected chi connectivity index (χ2v) is 6.18. The summed E-state index contributed by atoms with van der Waals surface area (Å²) < 4.78 is 5.67. The lowest BCUT2D eigenvalue weighted by atomic mass is 10.0. The molecule has 0 bridgehead atoms. The smallest absolute Gasteiger partial charge is 0.0588 e. The molecule has 1 aliphatic carbocycles. The van der Waals surface area contributed by atoms with Gasteiger partial charge in [-0.1, -0.05) is 23.7 Å². The van der Waals surface area contributed by atoms with Gasteiger partial charge in [0.2, 0.25) is 0 Å². The van der Waals surface area contributed by atoms with Crippen LogP contribution in [0.3, 0.4) is 0 Å². The number of rotatable bonds is 6. The van der Waals surface area contributed by atoms with Gasteiger partial charge in [-0.15, -0.1) is 0 Å². The van der Waals surface area contributed by atoms with Crippen molar-refractivity contribution >= 4 is 11.6 Å². The Morgan fingerprint density at radius 2 is 2.00 bits per heavy atom. The molecule has 3 heteroatoms. The monoisotopic (exact) mass is 279 g/mol. The molecule has 104 valence electrons. The molecule has 2 aliphatic rings. The summed E-state index contributed by atoms with van der Waals surface area (Å²) in [6, 6.07) is 8.80. The fraction of sp³-hybridized carbons (Fsp3) is 0.625. The fourth-order valence-corrected chi connectivity index (χ4v) is 3.05. The first-order valence-corrected chi connectivity index (χ1v) is 7.81. The Balaban J connectivity index is 1.53. The third kappa shape index (κ3) is 3.71. The molecule has 3 rings (SSSR count). The van der Waals surface area contributed by atoms with Gasteiger partial charge < -0.3 is 10.1 Å². The van der Waals surface area contributed by atoms with E-state index in [0.29, 0.717) is 12.1 Å². The lowest BCUT2D eigenvalue weighted by Gasteiger charge is -2.20. The zero-order chi connectivity index (χ0) is 13.1. The second kappa shape index (κ2) is 6.25. The van der Waals surface area contributed by atoms with Gasteiger partial charge >= 0.3 is 0 Å². The van der Waals surface area contributed by atoms with Crippen molar-refractivity contribution in [1.29, 1.82) is 0 Å². The minimum absolute atomic E-state index is 0.484. The van der Waals surface area contributed by atoms with Gasteiger partial charge in [0.1, 0.15) is 0 Å². The molecule has 0 radical (unpaired) electrons. The number of ether oxygens (including phenoxy) is 1.